The number of nitrogens with zero attached hydrogens (tertiary/aromatic N) is 2. The van der Waals surface area contributed by atoms with Crippen molar-refractivity contribution in [1.29, 1.82) is 0 Å². The number of benzene rings is 1. The molecule has 0 saturated carbocycles. The fraction of sp³-hybridized carbons (Fsp3) is 0.308. The summed E-state index contributed by atoms with van der Waals surface area (Å²) in [6.45, 7) is -1.17. The lowest BCUT2D eigenvalue weighted by atomic mass is 10.1. The molecule has 0 spiro atoms. The van der Waals surface area contributed by atoms with Crippen LogP contribution in [0, 0.1) is 5.82 Å². The highest BCUT2D eigenvalue weighted by atomic mass is 19.3. The van der Waals surface area contributed by atoms with E-state index in [9.17, 15) is 13.2 Å². The van der Waals surface area contributed by atoms with E-state index in [1.165, 1.54) is 6.20 Å². The third-order valence-electron chi connectivity index (χ3n) is 2.90. The zero-order chi connectivity index (χ0) is 14.7. The lowest BCUT2D eigenvalue weighted by Crippen LogP contribution is -2.32. The van der Waals surface area contributed by atoms with E-state index in [4.69, 9.17) is 10.8 Å². The number of aromatic nitrogens is 1. The van der Waals surface area contributed by atoms with Gasteiger partial charge in [-0.3, -0.25) is 4.98 Å². The molecule has 7 heteroatoms. The largest absolute Gasteiger partial charge is 0.398 e. The number of aliphatic hydroxyl groups excluding tert-OH is 1. The monoisotopic (exact) mass is 285 g/mol. The van der Waals surface area contributed by atoms with Crippen molar-refractivity contribution in [3.8, 4) is 0 Å². The van der Waals surface area contributed by atoms with Crippen molar-refractivity contribution in [2.24, 2.45) is 0 Å². The number of fused-ring (bicyclic) bond motifs is 1. The second kappa shape index (κ2) is 5.96. The maximum absolute atomic E-state index is 14.1. The number of anilines is 2. The Kier molecular flexibility index (Phi) is 4.29. The van der Waals surface area contributed by atoms with Crippen molar-refractivity contribution in [2.45, 2.75) is 6.43 Å². The fourth-order valence-corrected chi connectivity index (χ4v) is 2.11. The quantitative estimate of drug-likeness (QED) is 0.825. The average molecular weight is 285 g/mol. The minimum Gasteiger partial charge on any atom is -0.398 e. The summed E-state index contributed by atoms with van der Waals surface area (Å²) in [6.07, 6.45) is -1.22. The Labute approximate surface area is 113 Å². The van der Waals surface area contributed by atoms with Crippen molar-refractivity contribution in [1.82, 2.24) is 4.98 Å². The van der Waals surface area contributed by atoms with Gasteiger partial charge in [0.1, 0.15) is 5.69 Å². The Bertz CT molecular complexity index is 607. The molecule has 0 aliphatic rings. The van der Waals surface area contributed by atoms with Crippen LogP contribution in [-0.4, -0.2) is 36.2 Å². The summed E-state index contributed by atoms with van der Waals surface area (Å²) in [5.41, 5.74) is 6.04. The smallest absolute Gasteiger partial charge is 0.255 e. The average Bonchev–Trinajstić information content (AvgIpc) is 2.38. The highest BCUT2D eigenvalue weighted by molar-refractivity contribution is 5.98. The highest BCUT2D eigenvalue weighted by Gasteiger charge is 2.20. The van der Waals surface area contributed by atoms with E-state index in [0.29, 0.717) is 5.39 Å². The molecular formula is C13H14F3N3O. The summed E-state index contributed by atoms with van der Waals surface area (Å²) < 4.78 is 39.3. The van der Waals surface area contributed by atoms with Crippen LogP contribution in [0.2, 0.25) is 0 Å². The van der Waals surface area contributed by atoms with E-state index >= 15 is 0 Å². The van der Waals surface area contributed by atoms with Crippen molar-refractivity contribution in [3.63, 3.8) is 0 Å². The molecule has 0 bridgehead atoms. The van der Waals surface area contributed by atoms with Crippen LogP contribution in [0.25, 0.3) is 10.9 Å². The van der Waals surface area contributed by atoms with Gasteiger partial charge in [0.15, 0.2) is 5.82 Å². The van der Waals surface area contributed by atoms with E-state index in [0.717, 1.165) is 11.0 Å². The number of hydrogen-bond donors (Lipinski definition) is 2. The number of pyridine rings is 1. The number of alkyl halides is 2. The summed E-state index contributed by atoms with van der Waals surface area (Å²) >= 11 is 0. The van der Waals surface area contributed by atoms with Gasteiger partial charge in [-0.25, -0.2) is 13.2 Å². The Balaban J connectivity index is 2.61. The first-order chi connectivity index (χ1) is 9.54. The number of hydrogen-bond acceptors (Lipinski definition) is 4. The molecule has 0 fully saturated rings. The summed E-state index contributed by atoms with van der Waals surface area (Å²) in [6, 6.07) is 4.35. The highest BCUT2D eigenvalue weighted by Crippen LogP contribution is 2.32. The molecule has 1 aromatic carbocycles. The number of nitrogens with two attached hydrogens (primary N) is 1. The van der Waals surface area contributed by atoms with Gasteiger partial charge >= 0.3 is 0 Å². The van der Waals surface area contributed by atoms with Gasteiger partial charge in [-0.2, -0.15) is 0 Å². The van der Waals surface area contributed by atoms with Crippen LogP contribution in [0.15, 0.2) is 24.4 Å². The standard InChI is InChI=1S/C13H14F3N3O/c14-9-6-10(17)8-2-1-3-18-12(8)13(9)19(4-5-20)7-11(15)16/h1-3,6,11,20H,4-5,7,17H2. The lowest BCUT2D eigenvalue weighted by Gasteiger charge is -2.25. The first-order valence-corrected chi connectivity index (χ1v) is 6.01. The molecule has 20 heavy (non-hydrogen) atoms. The zero-order valence-corrected chi connectivity index (χ0v) is 10.6. The van der Waals surface area contributed by atoms with Crippen LogP contribution in [0.4, 0.5) is 24.5 Å². The minimum absolute atomic E-state index is 0.0656. The Morgan fingerprint density at radius 3 is 2.80 bits per heavy atom. The predicted molar refractivity (Wildman–Crippen MR) is 71.4 cm³/mol. The molecule has 108 valence electrons. The third kappa shape index (κ3) is 2.77. The van der Waals surface area contributed by atoms with Gasteiger partial charge in [0.2, 0.25) is 0 Å². The molecule has 1 heterocycles. The predicted octanol–water partition coefficient (Wildman–Crippen LogP) is 2.02. The van der Waals surface area contributed by atoms with Gasteiger partial charge in [0.05, 0.1) is 18.7 Å². The van der Waals surface area contributed by atoms with E-state index in [1.807, 2.05) is 0 Å². The molecule has 0 atom stereocenters. The SMILES string of the molecule is Nc1cc(F)c(N(CCO)CC(F)F)c2ncccc12. The van der Waals surface area contributed by atoms with Gasteiger partial charge in [0, 0.05) is 23.8 Å². The van der Waals surface area contributed by atoms with E-state index < -0.39 is 18.8 Å². The van der Waals surface area contributed by atoms with E-state index in [1.54, 1.807) is 12.1 Å². The number of nitrogen functional groups attached to an aromatic ring is 1. The molecule has 3 N–H and O–H groups in total. The molecule has 0 aliphatic carbocycles. The third-order valence-corrected chi connectivity index (χ3v) is 2.90. The van der Waals surface area contributed by atoms with Crippen LogP contribution in [-0.2, 0) is 0 Å². The van der Waals surface area contributed by atoms with Gasteiger partial charge in [-0.15, -0.1) is 0 Å². The molecule has 2 aromatic rings. The summed E-state index contributed by atoms with van der Waals surface area (Å²) in [7, 11) is 0. The van der Waals surface area contributed by atoms with Crippen LogP contribution < -0.4 is 10.6 Å². The van der Waals surface area contributed by atoms with Crippen LogP contribution in [0.3, 0.4) is 0 Å². The van der Waals surface area contributed by atoms with Gasteiger partial charge < -0.3 is 15.7 Å². The molecule has 1 aromatic heterocycles. The Hall–Kier alpha value is -2.02. The van der Waals surface area contributed by atoms with Crippen LogP contribution >= 0.6 is 0 Å². The summed E-state index contributed by atoms with van der Waals surface area (Å²) in [5, 5.41) is 9.46. The fourth-order valence-electron chi connectivity index (χ4n) is 2.11. The summed E-state index contributed by atoms with van der Waals surface area (Å²) in [4.78, 5) is 5.10. The number of halogens is 3. The molecule has 0 unspecified atom stereocenters. The zero-order valence-electron chi connectivity index (χ0n) is 10.6. The van der Waals surface area contributed by atoms with E-state index in [2.05, 4.69) is 4.98 Å². The lowest BCUT2D eigenvalue weighted by molar-refractivity contribution is 0.152. The van der Waals surface area contributed by atoms with Crippen LogP contribution in [0.5, 0.6) is 0 Å². The number of rotatable bonds is 5. The van der Waals surface area contributed by atoms with Crippen molar-refractivity contribution in [2.75, 3.05) is 30.3 Å². The Morgan fingerprint density at radius 2 is 2.15 bits per heavy atom. The van der Waals surface area contributed by atoms with Crippen molar-refractivity contribution in [3.05, 3.63) is 30.2 Å². The van der Waals surface area contributed by atoms with E-state index in [-0.39, 0.29) is 30.0 Å². The van der Waals surface area contributed by atoms with Crippen molar-refractivity contribution >= 4 is 22.3 Å². The molecule has 0 aliphatic heterocycles. The number of aliphatic hydroxyl groups is 1. The second-order valence-electron chi connectivity index (χ2n) is 4.26. The maximum Gasteiger partial charge on any atom is 0.255 e. The maximum atomic E-state index is 14.1. The van der Waals surface area contributed by atoms with Gasteiger partial charge in [-0.1, -0.05) is 0 Å². The minimum atomic E-state index is -2.66. The molecule has 0 saturated heterocycles. The van der Waals surface area contributed by atoms with Gasteiger partial charge in [0.25, 0.3) is 6.43 Å². The normalized spacial score (nSPS) is 11.2. The molecule has 0 amide bonds. The van der Waals surface area contributed by atoms with Crippen LogP contribution in [0.1, 0.15) is 0 Å². The Morgan fingerprint density at radius 1 is 1.40 bits per heavy atom. The first kappa shape index (κ1) is 14.4. The molecule has 0 radical (unpaired) electrons. The molecular weight excluding hydrogens is 271 g/mol. The molecule has 4 nitrogen and oxygen atoms in total. The topological polar surface area (TPSA) is 62.4 Å². The summed E-state index contributed by atoms with van der Waals surface area (Å²) in [5.74, 6) is -0.734. The second-order valence-corrected chi connectivity index (χ2v) is 4.26. The van der Waals surface area contributed by atoms with Gasteiger partial charge in [-0.05, 0) is 18.2 Å². The first-order valence-electron chi connectivity index (χ1n) is 6.01. The molecule has 2 rings (SSSR count). The van der Waals surface area contributed by atoms with Crippen molar-refractivity contribution < 1.29 is 18.3 Å².